The summed E-state index contributed by atoms with van der Waals surface area (Å²) in [5, 5.41) is 4.60. The number of piperidine rings is 1. The Hall–Kier alpha value is -2.57. The van der Waals surface area contributed by atoms with E-state index in [9.17, 15) is 14.4 Å². The molecule has 1 atom stereocenters. The van der Waals surface area contributed by atoms with Crippen molar-refractivity contribution in [2.75, 3.05) is 13.1 Å². The van der Waals surface area contributed by atoms with E-state index in [0.717, 1.165) is 29.7 Å². The van der Waals surface area contributed by atoms with Gasteiger partial charge in [-0.2, -0.15) is 0 Å². The van der Waals surface area contributed by atoms with Gasteiger partial charge in [0.1, 0.15) is 17.9 Å². The van der Waals surface area contributed by atoms with Crippen LogP contribution < -0.4 is 15.4 Å². The van der Waals surface area contributed by atoms with Gasteiger partial charge in [-0.3, -0.25) is 14.9 Å². The first kappa shape index (κ1) is 17.3. The Morgan fingerprint density at radius 2 is 1.84 bits per heavy atom. The molecule has 134 valence electrons. The van der Waals surface area contributed by atoms with E-state index in [1.54, 1.807) is 4.90 Å². The lowest BCUT2D eigenvalue weighted by Gasteiger charge is -2.33. The van der Waals surface area contributed by atoms with Crippen LogP contribution in [-0.2, 0) is 9.59 Å². The van der Waals surface area contributed by atoms with Crippen molar-refractivity contribution in [2.24, 2.45) is 0 Å². The van der Waals surface area contributed by atoms with Crippen LogP contribution in [0, 0.1) is 13.8 Å². The van der Waals surface area contributed by atoms with Crippen molar-refractivity contribution in [2.45, 2.75) is 45.3 Å². The predicted octanol–water partition coefficient (Wildman–Crippen LogP) is 1.27. The zero-order chi connectivity index (χ0) is 18.0. The smallest absolute Gasteiger partial charge is 0.322 e. The van der Waals surface area contributed by atoms with Gasteiger partial charge >= 0.3 is 6.03 Å². The van der Waals surface area contributed by atoms with Gasteiger partial charge in [0.25, 0.3) is 5.91 Å². The molecule has 0 aromatic heterocycles. The Morgan fingerprint density at radius 1 is 1.20 bits per heavy atom. The quantitative estimate of drug-likeness (QED) is 0.805. The number of hydrogen-bond acceptors (Lipinski definition) is 4. The number of benzene rings is 1. The van der Waals surface area contributed by atoms with Crippen LogP contribution >= 0.6 is 0 Å². The van der Waals surface area contributed by atoms with Crippen LogP contribution in [0.1, 0.15) is 30.4 Å². The predicted molar refractivity (Wildman–Crippen MR) is 91.2 cm³/mol. The van der Waals surface area contributed by atoms with E-state index in [2.05, 4.69) is 10.6 Å². The summed E-state index contributed by atoms with van der Waals surface area (Å²) in [6.07, 6.45) is 1.59. The molecule has 7 heteroatoms. The number of carbonyl (C=O) groups excluding carboxylic acids is 3. The number of nitrogens with one attached hydrogen (secondary N) is 2. The molecule has 25 heavy (non-hydrogen) atoms. The Balaban J connectivity index is 1.51. The van der Waals surface area contributed by atoms with E-state index in [0.29, 0.717) is 13.1 Å². The second kappa shape index (κ2) is 7.13. The fraction of sp³-hybridized carbons (Fsp3) is 0.500. The molecule has 2 saturated heterocycles. The summed E-state index contributed by atoms with van der Waals surface area (Å²) < 4.78 is 6.15. The van der Waals surface area contributed by atoms with E-state index < -0.39 is 18.0 Å². The molecule has 0 saturated carbocycles. The summed E-state index contributed by atoms with van der Waals surface area (Å²) in [4.78, 5) is 36.7. The van der Waals surface area contributed by atoms with Crippen molar-refractivity contribution in [3.05, 3.63) is 29.3 Å². The minimum Gasteiger partial charge on any atom is -0.490 e. The normalized spacial score (nSPS) is 21.0. The molecule has 2 N–H and O–H groups in total. The molecule has 2 heterocycles. The molecule has 0 radical (unpaired) electrons. The highest BCUT2D eigenvalue weighted by molar-refractivity contribution is 6.05. The fourth-order valence-electron chi connectivity index (χ4n) is 3.28. The van der Waals surface area contributed by atoms with E-state index in [1.807, 2.05) is 32.0 Å². The number of carbonyl (C=O) groups is 3. The Bertz CT molecular complexity index is 675. The molecule has 0 spiro atoms. The lowest BCUT2D eigenvalue weighted by molar-refractivity contribution is -0.135. The molecular formula is C18H23N3O4. The molecule has 4 amide bonds. The third-order valence-corrected chi connectivity index (χ3v) is 4.73. The number of urea groups is 1. The number of ether oxygens (including phenoxy) is 1. The molecule has 2 fully saturated rings. The van der Waals surface area contributed by atoms with Crippen molar-refractivity contribution >= 4 is 17.8 Å². The van der Waals surface area contributed by atoms with Gasteiger partial charge in [0, 0.05) is 25.9 Å². The standard InChI is InChI=1S/C18H23N3O4/c1-11-4-3-5-12(2)16(11)25-13-6-8-21(9-7-13)15(22)10-14-17(23)20-18(24)19-14/h3-5,13-14H,6-10H2,1-2H3,(H2,19,20,23,24)/t14-/m0/s1. The minimum atomic E-state index is -0.761. The molecule has 0 bridgehead atoms. The average Bonchev–Trinajstić information content (AvgIpc) is 2.89. The first-order valence-corrected chi connectivity index (χ1v) is 8.56. The van der Waals surface area contributed by atoms with Crippen LogP contribution in [0.5, 0.6) is 5.75 Å². The molecule has 0 unspecified atom stereocenters. The average molecular weight is 345 g/mol. The molecule has 7 nitrogen and oxygen atoms in total. The number of likely N-dealkylation sites (tertiary alicyclic amines) is 1. The second-order valence-corrected chi connectivity index (χ2v) is 6.64. The first-order valence-electron chi connectivity index (χ1n) is 8.56. The molecule has 3 rings (SSSR count). The van der Waals surface area contributed by atoms with Crippen molar-refractivity contribution in [3.63, 3.8) is 0 Å². The highest BCUT2D eigenvalue weighted by Crippen LogP contribution is 2.26. The number of rotatable bonds is 4. The lowest BCUT2D eigenvalue weighted by atomic mass is 10.1. The second-order valence-electron chi connectivity index (χ2n) is 6.64. The minimum absolute atomic E-state index is 0.00000128. The molecular weight excluding hydrogens is 322 g/mol. The Morgan fingerprint density at radius 3 is 2.40 bits per heavy atom. The van der Waals surface area contributed by atoms with Gasteiger partial charge in [-0.15, -0.1) is 0 Å². The summed E-state index contributed by atoms with van der Waals surface area (Å²) in [5.74, 6) is 0.372. The SMILES string of the molecule is Cc1cccc(C)c1OC1CCN(C(=O)C[C@@H]2NC(=O)NC2=O)CC1. The van der Waals surface area contributed by atoms with E-state index in [-0.39, 0.29) is 18.4 Å². The number of para-hydroxylation sites is 1. The first-order chi connectivity index (χ1) is 11.9. The van der Waals surface area contributed by atoms with Crippen LogP contribution in [0.15, 0.2) is 18.2 Å². The van der Waals surface area contributed by atoms with E-state index >= 15 is 0 Å². The summed E-state index contributed by atoms with van der Waals surface area (Å²) in [5.41, 5.74) is 2.22. The Kier molecular flexibility index (Phi) is 4.92. The van der Waals surface area contributed by atoms with Gasteiger partial charge in [0.2, 0.25) is 5.91 Å². The summed E-state index contributed by atoms with van der Waals surface area (Å²) in [6, 6.07) is 4.77. The van der Waals surface area contributed by atoms with Crippen LogP contribution in [0.25, 0.3) is 0 Å². The van der Waals surface area contributed by atoms with Gasteiger partial charge in [-0.05, 0) is 25.0 Å². The van der Waals surface area contributed by atoms with Crippen LogP contribution in [0.3, 0.4) is 0 Å². The highest BCUT2D eigenvalue weighted by atomic mass is 16.5. The van der Waals surface area contributed by atoms with Gasteiger partial charge in [0.15, 0.2) is 0 Å². The summed E-state index contributed by atoms with van der Waals surface area (Å²) in [6.45, 7) is 5.25. The monoisotopic (exact) mass is 345 g/mol. The van der Waals surface area contributed by atoms with Gasteiger partial charge in [0.05, 0.1) is 6.42 Å². The maximum atomic E-state index is 12.3. The lowest BCUT2D eigenvalue weighted by Crippen LogP contribution is -2.44. The third-order valence-electron chi connectivity index (χ3n) is 4.73. The van der Waals surface area contributed by atoms with Gasteiger partial charge < -0.3 is 15.0 Å². The van der Waals surface area contributed by atoms with Crippen molar-refractivity contribution < 1.29 is 19.1 Å². The van der Waals surface area contributed by atoms with Gasteiger partial charge in [-0.1, -0.05) is 18.2 Å². The largest absolute Gasteiger partial charge is 0.490 e. The van der Waals surface area contributed by atoms with Crippen LogP contribution in [0.4, 0.5) is 4.79 Å². The number of nitrogens with zero attached hydrogens (tertiary/aromatic N) is 1. The topological polar surface area (TPSA) is 87.7 Å². The fourth-order valence-corrected chi connectivity index (χ4v) is 3.28. The highest BCUT2D eigenvalue weighted by Gasteiger charge is 2.33. The van der Waals surface area contributed by atoms with Crippen molar-refractivity contribution in [3.8, 4) is 5.75 Å². The number of hydrogen-bond donors (Lipinski definition) is 2. The number of imide groups is 1. The Labute approximate surface area is 146 Å². The van der Waals surface area contributed by atoms with Crippen molar-refractivity contribution in [1.29, 1.82) is 0 Å². The summed E-state index contributed by atoms with van der Waals surface area (Å²) >= 11 is 0. The van der Waals surface area contributed by atoms with Crippen LogP contribution in [-0.4, -0.2) is 48.0 Å². The number of aryl methyl sites for hydroxylation is 2. The summed E-state index contributed by atoms with van der Waals surface area (Å²) in [7, 11) is 0. The molecule has 1 aromatic carbocycles. The molecule has 1 aromatic rings. The third kappa shape index (κ3) is 3.92. The van der Waals surface area contributed by atoms with Crippen molar-refractivity contribution in [1.82, 2.24) is 15.5 Å². The molecule has 2 aliphatic rings. The zero-order valence-corrected chi connectivity index (χ0v) is 14.5. The van der Waals surface area contributed by atoms with Gasteiger partial charge in [-0.25, -0.2) is 4.79 Å². The maximum Gasteiger partial charge on any atom is 0.322 e. The molecule has 2 aliphatic heterocycles. The zero-order valence-electron chi connectivity index (χ0n) is 14.5. The molecule has 0 aliphatic carbocycles. The van der Waals surface area contributed by atoms with E-state index in [4.69, 9.17) is 4.74 Å². The maximum absolute atomic E-state index is 12.3. The van der Waals surface area contributed by atoms with E-state index in [1.165, 1.54) is 0 Å². The number of amides is 4. The van der Waals surface area contributed by atoms with Crippen LogP contribution in [0.2, 0.25) is 0 Å².